The highest BCUT2D eigenvalue weighted by molar-refractivity contribution is 7.92. The summed E-state index contributed by atoms with van der Waals surface area (Å²) in [7, 11) is -8.14. The molecule has 3 aromatic rings. The van der Waals surface area contributed by atoms with E-state index in [2.05, 4.69) is 15.4 Å². The Kier molecular flexibility index (Phi) is 8.10. The molecule has 1 amide bonds. The van der Waals surface area contributed by atoms with Crippen LogP contribution in [0, 0.1) is 5.82 Å². The number of sulfonamides is 2. The van der Waals surface area contributed by atoms with Gasteiger partial charge in [-0.3, -0.25) is 9.52 Å². The Morgan fingerprint density at radius 1 is 0.886 bits per heavy atom. The van der Waals surface area contributed by atoms with E-state index in [1.54, 1.807) is 12.1 Å². The van der Waals surface area contributed by atoms with Crippen LogP contribution in [0.15, 0.2) is 76.5 Å². The molecular weight excluding hydrogens is 495 g/mol. The van der Waals surface area contributed by atoms with Crippen molar-refractivity contribution in [3.05, 3.63) is 78.1 Å². The molecule has 0 atom stereocenters. The summed E-state index contributed by atoms with van der Waals surface area (Å²) in [5, 5.41) is 11.0. The van der Waals surface area contributed by atoms with Crippen LogP contribution in [-0.2, 0) is 20.0 Å². The number of benzene rings is 3. The summed E-state index contributed by atoms with van der Waals surface area (Å²) in [4.78, 5) is 12.8. The van der Waals surface area contributed by atoms with E-state index in [0.717, 1.165) is 37.1 Å². The van der Waals surface area contributed by atoms with Crippen LogP contribution in [0.3, 0.4) is 0 Å². The first-order valence-electron chi connectivity index (χ1n) is 10.6. The lowest BCUT2D eigenvalue weighted by atomic mass is 10.1. The molecule has 12 heteroatoms. The second-order valence-electron chi connectivity index (χ2n) is 7.59. The van der Waals surface area contributed by atoms with Gasteiger partial charge in [0, 0.05) is 6.54 Å². The van der Waals surface area contributed by atoms with Gasteiger partial charge in [-0.25, -0.2) is 26.4 Å². The van der Waals surface area contributed by atoms with Crippen LogP contribution >= 0.6 is 0 Å². The van der Waals surface area contributed by atoms with Crippen LogP contribution < -0.4 is 20.5 Å². The minimum atomic E-state index is -4.11. The van der Waals surface area contributed by atoms with Gasteiger partial charge >= 0.3 is 0 Å². The normalized spacial score (nSPS) is 11.6. The van der Waals surface area contributed by atoms with E-state index in [1.165, 1.54) is 30.3 Å². The van der Waals surface area contributed by atoms with Gasteiger partial charge in [0.25, 0.3) is 15.9 Å². The van der Waals surface area contributed by atoms with Gasteiger partial charge in [-0.1, -0.05) is 25.5 Å². The van der Waals surface area contributed by atoms with Crippen molar-refractivity contribution in [1.82, 2.24) is 0 Å². The van der Waals surface area contributed by atoms with E-state index in [1.807, 2.05) is 6.92 Å². The van der Waals surface area contributed by atoms with Gasteiger partial charge in [0.15, 0.2) is 0 Å². The molecule has 0 saturated carbocycles. The highest BCUT2D eigenvalue weighted by Gasteiger charge is 2.20. The maximum atomic E-state index is 13.2. The van der Waals surface area contributed by atoms with Gasteiger partial charge in [-0.2, -0.15) is 0 Å². The second kappa shape index (κ2) is 10.8. The molecule has 0 aliphatic carbocycles. The third-order valence-electron chi connectivity index (χ3n) is 4.95. The second-order valence-corrected chi connectivity index (χ2v) is 10.8. The van der Waals surface area contributed by atoms with Crippen molar-refractivity contribution in [3.8, 4) is 0 Å². The van der Waals surface area contributed by atoms with E-state index in [4.69, 9.17) is 5.14 Å². The van der Waals surface area contributed by atoms with Crippen LogP contribution in [0.2, 0.25) is 0 Å². The summed E-state index contributed by atoms with van der Waals surface area (Å²) in [6.45, 7) is 2.60. The van der Waals surface area contributed by atoms with E-state index in [9.17, 15) is 26.0 Å². The highest BCUT2D eigenvalue weighted by atomic mass is 32.2. The molecule has 9 nitrogen and oxygen atoms in total. The summed E-state index contributed by atoms with van der Waals surface area (Å²) < 4.78 is 64.7. The smallest absolute Gasteiger partial charge is 0.261 e. The van der Waals surface area contributed by atoms with Crippen LogP contribution in [0.4, 0.5) is 21.5 Å². The molecule has 0 fully saturated rings. The zero-order chi connectivity index (χ0) is 25.6. The third-order valence-corrected chi connectivity index (χ3v) is 7.25. The molecule has 0 saturated heterocycles. The Hall–Kier alpha value is -3.48. The molecule has 35 heavy (non-hydrogen) atoms. The zero-order valence-electron chi connectivity index (χ0n) is 18.8. The molecule has 0 unspecified atom stereocenters. The number of unbranched alkanes of at least 4 members (excludes halogenated alkanes) is 1. The Morgan fingerprint density at radius 3 is 2.20 bits per heavy atom. The standard InChI is InChI=1S/C23H25FN4O5S2/c1-2-3-14-26-21-13-12-18(34(25,30)31)15-22(21)27-23(29)19-6-4-5-7-20(19)28-35(32,33)17-10-8-16(24)9-11-17/h4-13,15,26,28H,2-3,14H2,1H3,(H,27,29)(H2,25,30,31). The van der Waals surface area contributed by atoms with Crippen LogP contribution in [-0.4, -0.2) is 29.3 Å². The summed E-state index contributed by atoms with van der Waals surface area (Å²) >= 11 is 0. The van der Waals surface area contributed by atoms with E-state index in [0.29, 0.717) is 12.2 Å². The van der Waals surface area contributed by atoms with Crippen molar-refractivity contribution >= 4 is 43.0 Å². The monoisotopic (exact) mass is 520 g/mol. The SMILES string of the molecule is CCCCNc1ccc(S(N)(=O)=O)cc1NC(=O)c1ccccc1NS(=O)(=O)c1ccc(F)cc1. The Labute approximate surface area is 203 Å². The van der Waals surface area contributed by atoms with Gasteiger partial charge in [0.1, 0.15) is 5.82 Å². The van der Waals surface area contributed by atoms with Crippen LogP contribution in [0.25, 0.3) is 0 Å². The van der Waals surface area contributed by atoms with Gasteiger partial charge < -0.3 is 10.6 Å². The first-order valence-corrected chi connectivity index (χ1v) is 13.6. The minimum absolute atomic E-state index is 0.0151. The number of carbonyl (C=O) groups excluding carboxylic acids is 1. The molecule has 3 rings (SSSR count). The number of hydrogen-bond acceptors (Lipinski definition) is 6. The highest BCUT2D eigenvalue weighted by Crippen LogP contribution is 2.27. The van der Waals surface area contributed by atoms with Crippen LogP contribution in [0.5, 0.6) is 0 Å². The van der Waals surface area contributed by atoms with Gasteiger partial charge in [0.05, 0.1) is 32.4 Å². The lowest BCUT2D eigenvalue weighted by molar-refractivity contribution is 0.102. The van der Waals surface area contributed by atoms with Gasteiger partial charge in [0.2, 0.25) is 10.0 Å². The van der Waals surface area contributed by atoms with Crippen molar-refractivity contribution in [3.63, 3.8) is 0 Å². The number of hydrogen-bond donors (Lipinski definition) is 4. The van der Waals surface area contributed by atoms with Crippen LogP contribution in [0.1, 0.15) is 30.1 Å². The third kappa shape index (κ3) is 6.78. The molecule has 0 bridgehead atoms. The molecule has 5 N–H and O–H groups in total. The molecule has 0 radical (unpaired) electrons. The lowest BCUT2D eigenvalue weighted by Gasteiger charge is -2.16. The molecule has 0 spiro atoms. The first-order chi connectivity index (χ1) is 16.5. The Balaban J connectivity index is 1.93. The molecule has 0 heterocycles. The molecule has 0 aromatic heterocycles. The maximum absolute atomic E-state index is 13.2. The van der Waals surface area contributed by atoms with Crippen molar-refractivity contribution in [2.45, 2.75) is 29.6 Å². The number of primary sulfonamides is 1. The molecule has 186 valence electrons. The van der Waals surface area contributed by atoms with E-state index in [-0.39, 0.29) is 26.7 Å². The van der Waals surface area contributed by atoms with Crippen molar-refractivity contribution in [2.24, 2.45) is 5.14 Å². The quantitative estimate of drug-likeness (QED) is 0.299. The molecular formula is C23H25FN4O5S2. The van der Waals surface area contributed by atoms with E-state index < -0.39 is 31.8 Å². The fraction of sp³-hybridized carbons (Fsp3) is 0.174. The van der Waals surface area contributed by atoms with Gasteiger partial charge in [-0.05, 0) is 61.0 Å². The number of halogens is 1. The number of para-hydroxylation sites is 1. The number of nitrogens with one attached hydrogen (secondary N) is 3. The average molecular weight is 521 g/mol. The van der Waals surface area contributed by atoms with Crippen molar-refractivity contribution < 1.29 is 26.0 Å². The first kappa shape index (κ1) is 26.1. The predicted octanol–water partition coefficient (Wildman–Crippen LogP) is 3.74. The largest absolute Gasteiger partial charge is 0.383 e. The van der Waals surface area contributed by atoms with Gasteiger partial charge in [-0.15, -0.1) is 0 Å². The lowest BCUT2D eigenvalue weighted by Crippen LogP contribution is -2.20. The summed E-state index contributed by atoms with van der Waals surface area (Å²) in [5.41, 5.74) is 0.605. The van der Waals surface area contributed by atoms with Crippen molar-refractivity contribution in [2.75, 3.05) is 21.9 Å². The topological polar surface area (TPSA) is 147 Å². The Morgan fingerprint density at radius 2 is 1.54 bits per heavy atom. The Bertz CT molecular complexity index is 1430. The van der Waals surface area contributed by atoms with E-state index >= 15 is 0 Å². The number of amides is 1. The molecule has 0 aliphatic rings. The maximum Gasteiger partial charge on any atom is 0.261 e. The summed E-state index contributed by atoms with van der Waals surface area (Å²) in [6.07, 6.45) is 1.77. The molecule has 0 aliphatic heterocycles. The number of carbonyl (C=O) groups is 1. The predicted molar refractivity (Wildman–Crippen MR) is 133 cm³/mol. The average Bonchev–Trinajstić information content (AvgIpc) is 2.80. The number of rotatable bonds is 10. The number of nitrogens with two attached hydrogens (primary N) is 1. The minimum Gasteiger partial charge on any atom is -0.383 e. The van der Waals surface area contributed by atoms with Crippen molar-refractivity contribution in [1.29, 1.82) is 0 Å². The fourth-order valence-corrected chi connectivity index (χ4v) is 4.75. The molecule has 3 aromatic carbocycles. The fourth-order valence-electron chi connectivity index (χ4n) is 3.13. The summed E-state index contributed by atoms with van der Waals surface area (Å²) in [6, 6.07) is 14.2. The zero-order valence-corrected chi connectivity index (χ0v) is 20.4. The number of anilines is 3. The summed E-state index contributed by atoms with van der Waals surface area (Å²) in [5.74, 6) is -1.28.